The lowest BCUT2D eigenvalue weighted by Crippen LogP contribution is -1.87. The van der Waals surface area contributed by atoms with E-state index in [1.807, 2.05) is 0 Å². The number of hydrogen-bond donors (Lipinski definition) is 0. The SMILES string of the molecule is Cc1sc2ccc(F)cc2c1[N+](=O)[O-]. The highest BCUT2D eigenvalue weighted by atomic mass is 32.1. The number of benzene rings is 1. The summed E-state index contributed by atoms with van der Waals surface area (Å²) in [5.41, 5.74) is 0.0181. The van der Waals surface area contributed by atoms with Crippen molar-refractivity contribution in [1.82, 2.24) is 0 Å². The monoisotopic (exact) mass is 211 g/mol. The molecule has 0 fully saturated rings. The number of aryl methyl sites for hydroxylation is 1. The van der Waals surface area contributed by atoms with Crippen LogP contribution in [0.3, 0.4) is 0 Å². The van der Waals surface area contributed by atoms with E-state index >= 15 is 0 Å². The molecule has 72 valence electrons. The molecule has 2 aromatic rings. The normalized spacial score (nSPS) is 10.7. The molecular formula is C9H6FNO2S. The van der Waals surface area contributed by atoms with E-state index in [0.717, 1.165) is 4.70 Å². The molecule has 0 saturated carbocycles. The Morgan fingerprint density at radius 1 is 1.50 bits per heavy atom. The van der Waals surface area contributed by atoms with E-state index in [0.29, 0.717) is 10.3 Å². The number of halogens is 1. The molecule has 0 radical (unpaired) electrons. The zero-order chi connectivity index (χ0) is 10.3. The fourth-order valence-electron chi connectivity index (χ4n) is 1.41. The molecule has 0 amide bonds. The van der Waals surface area contributed by atoms with Crippen LogP contribution in [-0.4, -0.2) is 4.92 Å². The molecule has 0 aliphatic heterocycles. The molecule has 0 atom stereocenters. The summed E-state index contributed by atoms with van der Waals surface area (Å²) < 4.78 is 13.6. The molecule has 0 unspecified atom stereocenters. The number of nitrogens with zero attached hydrogens (tertiary/aromatic N) is 1. The minimum atomic E-state index is -0.465. The van der Waals surface area contributed by atoms with Crippen LogP contribution in [0.1, 0.15) is 4.88 Å². The summed E-state index contributed by atoms with van der Waals surface area (Å²) in [5, 5.41) is 11.1. The molecule has 5 heteroatoms. The summed E-state index contributed by atoms with van der Waals surface area (Å²) in [5.74, 6) is -0.446. The topological polar surface area (TPSA) is 43.1 Å². The van der Waals surface area contributed by atoms with E-state index in [1.165, 1.54) is 23.5 Å². The quantitative estimate of drug-likeness (QED) is 0.536. The number of rotatable bonds is 1. The smallest absolute Gasteiger partial charge is 0.258 e. The van der Waals surface area contributed by atoms with Gasteiger partial charge in [0.05, 0.1) is 15.2 Å². The van der Waals surface area contributed by atoms with Crippen molar-refractivity contribution in [3.63, 3.8) is 0 Å². The Hall–Kier alpha value is -1.49. The zero-order valence-electron chi connectivity index (χ0n) is 7.28. The Morgan fingerprint density at radius 3 is 2.86 bits per heavy atom. The van der Waals surface area contributed by atoms with Crippen molar-refractivity contribution in [3.05, 3.63) is 39.0 Å². The van der Waals surface area contributed by atoms with E-state index in [1.54, 1.807) is 13.0 Å². The molecule has 1 aromatic heterocycles. The van der Waals surface area contributed by atoms with E-state index in [-0.39, 0.29) is 5.69 Å². The fourth-order valence-corrected chi connectivity index (χ4v) is 2.42. The minimum absolute atomic E-state index is 0.0181. The molecule has 0 bridgehead atoms. The lowest BCUT2D eigenvalue weighted by Gasteiger charge is -1.90. The van der Waals surface area contributed by atoms with Gasteiger partial charge in [0.1, 0.15) is 5.82 Å². The van der Waals surface area contributed by atoms with Crippen molar-refractivity contribution in [2.45, 2.75) is 6.92 Å². The molecule has 0 aliphatic rings. The lowest BCUT2D eigenvalue weighted by molar-refractivity contribution is -0.383. The van der Waals surface area contributed by atoms with Gasteiger partial charge in [-0.1, -0.05) is 0 Å². The highest BCUT2D eigenvalue weighted by molar-refractivity contribution is 7.19. The largest absolute Gasteiger partial charge is 0.290 e. The van der Waals surface area contributed by atoms with Gasteiger partial charge in [0.15, 0.2) is 0 Å². The summed E-state index contributed by atoms with van der Waals surface area (Å²) in [4.78, 5) is 10.8. The standard InChI is InChI=1S/C9H6FNO2S/c1-5-9(11(12)13)7-4-6(10)2-3-8(7)14-5/h2-4H,1H3. The summed E-state index contributed by atoms with van der Waals surface area (Å²) >= 11 is 1.31. The van der Waals surface area contributed by atoms with Gasteiger partial charge in [-0.05, 0) is 25.1 Å². The first-order valence-corrected chi connectivity index (χ1v) is 4.74. The molecule has 1 heterocycles. The molecular weight excluding hydrogens is 205 g/mol. The Kier molecular flexibility index (Phi) is 1.96. The molecule has 3 nitrogen and oxygen atoms in total. The van der Waals surface area contributed by atoms with E-state index in [4.69, 9.17) is 0 Å². The van der Waals surface area contributed by atoms with Gasteiger partial charge < -0.3 is 0 Å². The first-order chi connectivity index (χ1) is 6.59. The summed E-state index contributed by atoms with van der Waals surface area (Å²) in [7, 11) is 0. The highest BCUT2D eigenvalue weighted by Crippen LogP contribution is 2.36. The van der Waals surface area contributed by atoms with Gasteiger partial charge in [-0.25, -0.2) is 4.39 Å². The van der Waals surface area contributed by atoms with Crippen LogP contribution >= 0.6 is 11.3 Å². The Bertz CT molecular complexity index is 521. The predicted molar refractivity (Wildman–Crippen MR) is 53.2 cm³/mol. The number of fused-ring (bicyclic) bond motifs is 1. The average molecular weight is 211 g/mol. The lowest BCUT2D eigenvalue weighted by atomic mass is 10.2. The van der Waals surface area contributed by atoms with Crippen LogP contribution in [0.5, 0.6) is 0 Å². The van der Waals surface area contributed by atoms with Gasteiger partial charge in [0.25, 0.3) is 5.69 Å². The first kappa shape index (κ1) is 9.08. The average Bonchev–Trinajstić information content (AvgIpc) is 2.40. The number of hydrogen-bond acceptors (Lipinski definition) is 3. The Labute approximate surface area is 82.9 Å². The molecule has 14 heavy (non-hydrogen) atoms. The molecule has 0 saturated heterocycles. The van der Waals surface area contributed by atoms with Gasteiger partial charge in [-0.2, -0.15) is 0 Å². The second-order valence-corrected chi connectivity index (χ2v) is 4.16. The number of nitro groups is 1. The summed E-state index contributed by atoms with van der Waals surface area (Å²) in [6, 6.07) is 4.08. The molecule has 0 aliphatic carbocycles. The summed E-state index contributed by atoms with van der Waals surface area (Å²) in [6.07, 6.45) is 0. The van der Waals surface area contributed by atoms with E-state index in [9.17, 15) is 14.5 Å². The van der Waals surface area contributed by atoms with Gasteiger partial charge in [-0.15, -0.1) is 11.3 Å². The van der Waals surface area contributed by atoms with Crippen molar-refractivity contribution in [1.29, 1.82) is 0 Å². The molecule has 0 N–H and O–H groups in total. The van der Waals surface area contributed by atoms with Crippen LogP contribution in [-0.2, 0) is 0 Å². The van der Waals surface area contributed by atoms with Crippen molar-refractivity contribution >= 4 is 27.1 Å². The third-order valence-corrected chi connectivity index (χ3v) is 3.05. The second kappa shape index (κ2) is 3.02. The van der Waals surface area contributed by atoms with Gasteiger partial charge in [0.2, 0.25) is 0 Å². The zero-order valence-corrected chi connectivity index (χ0v) is 8.10. The van der Waals surface area contributed by atoms with Crippen molar-refractivity contribution < 1.29 is 9.31 Å². The number of thiophene rings is 1. The van der Waals surface area contributed by atoms with Crippen molar-refractivity contribution in [2.75, 3.05) is 0 Å². The maximum absolute atomic E-state index is 12.9. The third-order valence-electron chi connectivity index (χ3n) is 1.98. The van der Waals surface area contributed by atoms with Crippen molar-refractivity contribution in [2.24, 2.45) is 0 Å². The third kappa shape index (κ3) is 1.26. The van der Waals surface area contributed by atoms with Crippen LogP contribution in [0.15, 0.2) is 18.2 Å². The van der Waals surface area contributed by atoms with Crippen LogP contribution in [0.25, 0.3) is 10.1 Å². The van der Waals surface area contributed by atoms with Crippen LogP contribution in [0.4, 0.5) is 10.1 Å². The maximum Gasteiger partial charge on any atom is 0.290 e. The minimum Gasteiger partial charge on any atom is -0.258 e. The van der Waals surface area contributed by atoms with Crippen LogP contribution in [0.2, 0.25) is 0 Å². The van der Waals surface area contributed by atoms with Crippen molar-refractivity contribution in [3.8, 4) is 0 Å². The van der Waals surface area contributed by atoms with E-state index < -0.39 is 10.7 Å². The van der Waals surface area contributed by atoms with Gasteiger partial charge >= 0.3 is 0 Å². The molecule has 0 spiro atoms. The maximum atomic E-state index is 12.9. The fraction of sp³-hybridized carbons (Fsp3) is 0.111. The Balaban J connectivity index is 2.86. The van der Waals surface area contributed by atoms with Crippen LogP contribution in [0, 0.1) is 22.9 Å². The second-order valence-electron chi connectivity index (χ2n) is 2.90. The highest BCUT2D eigenvalue weighted by Gasteiger charge is 2.19. The van der Waals surface area contributed by atoms with E-state index in [2.05, 4.69) is 0 Å². The van der Waals surface area contributed by atoms with Crippen LogP contribution < -0.4 is 0 Å². The first-order valence-electron chi connectivity index (χ1n) is 3.92. The molecule has 2 rings (SSSR count). The Morgan fingerprint density at radius 2 is 2.21 bits per heavy atom. The summed E-state index contributed by atoms with van der Waals surface area (Å²) in [6.45, 7) is 1.67. The van der Waals surface area contributed by atoms with Gasteiger partial charge in [-0.3, -0.25) is 10.1 Å². The van der Waals surface area contributed by atoms with Gasteiger partial charge in [0, 0.05) is 4.70 Å². The predicted octanol–water partition coefficient (Wildman–Crippen LogP) is 3.26. The molecule has 1 aromatic carbocycles.